The minimum absolute atomic E-state index is 0.131. The molecule has 7 heteroatoms. The summed E-state index contributed by atoms with van der Waals surface area (Å²) < 4.78 is 32.0. The molecule has 0 aliphatic rings. The molecule has 102 valence electrons. The van der Waals surface area contributed by atoms with Crippen molar-refractivity contribution in [1.82, 2.24) is 10.1 Å². The van der Waals surface area contributed by atoms with Gasteiger partial charge in [-0.05, 0) is 25.5 Å². The molecule has 4 nitrogen and oxygen atoms in total. The first-order valence-electron chi connectivity index (χ1n) is 5.63. The van der Waals surface area contributed by atoms with E-state index in [0.717, 1.165) is 12.1 Å². The number of hydrogen-bond acceptors (Lipinski definition) is 4. The number of aromatic nitrogens is 2. The molecule has 2 aromatic rings. The quantitative estimate of drug-likeness (QED) is 0.880. The summed E-state index contributed by atoms with van der Waals surface area (Å²) in [6, 6.07) is 1.77. The first kappa shape index (κ1) is 13.9. The summed E-state index contributed by atoms with van der Waals surface area (Å²) in [6.07, 6.45) is 0.573. The molecule has 0 fully saturated rings. The zero-order valence-electron chi connectivity index (χ0n) is 10.4. The molecule has 2 rings (SSSR count). The molecule has 0 saturated carbocycles. The molecule has 0 amide bonds. The second-order valence-corrected chi connectivity index (χ2v) is 4.85. The fraction of sp³-hybridized carbons (Fsp3) is 0.333. The highest BCUT2D eigenvalue weighted by Gasteiger charge is 2.26. The topological polar surface area (TPSA) is 64.9 Å². The van der Waals surface area contributed by atoms with Crippen LogP contribution >= 0.6 is 11.6 Å². The molecule has 1 atom stereocenters. The van der Waals surface area contributed by atoms with Crippen molar-refractivity contribution in [3.8, 4) is 11.5 Å². The van der Waals surface area contributed by atoms with Gasteiger partial charge in [0.25, 0.3) is 5.89 Å². The molecular formula is C12H12ClF2N3O. The van der Waals surface area contributed by atoms with E-state index in [1.54, 1.807) is 6.92 Å². The first-order valence-corrected chi connectivity index (χ1v) is 6.01. The van der Waals surface area contributed by atoms with Crippen LogP contribution in [0.1, 0.15) is 26.1 Å². The van der Waals surface area contributed by atoms with Crippen LogP contribution in [-0.4, -0.2) is 10.1 Å². The maximum Gasteiger partial charge on any atom is 0.261 e. The standard InChI is InChI=1S/C12H12ClF2N3O/c1-3-12(2,16)11-17-10(19-18-11)6-4-9(15)7(13)5-8(6)14/h4-5H,3,16H2,1-2H3. The van der Waals surface area contributed by atoms with E-state index >= 15 is 0 Å². The van der Waals surface area contributed by atoms with Crippen molar-refractivity contribution in [2.75, 3.05) is 0 Å². The second kappa shape index (κ2) is 4.86. The third-order valence-electron chi connectivity index (χ3n) is 2.91. The normalized spacial score (nSPS) is 14.4. The average molecular weight is 288 g/mol. The van der Waals surface area contributed by atoms with Gasteiger partial charge in [0.1, 0.15) is 11.6 Å². The highest BCUT2D eigenvalue weighted by atomic mass is 35.5. The van der Waals surface area contributed by atoms with Gasteiger partial charge in [0.2, 0.25) is 0 Å². The lowest BCUT2D eigenvalue weighted by Gasteiger charge is -2.16. The molecule has 0 spiro atoms. The van der Waals surface area contributed by atoms with Gasteiger partial charge in [-0.3, -0.25) is 0 Å². The van der Waals surface area contributed by atoms with Crippen LogP contribution in [0.3, 0.4) is 0 Å². The third kappa shape index (κ3) is 2.59. The van der Waals surface area contributed by atoms with Crippen LogP contribution in [0.25, 0.3) is 11.5 Å². The number of rotatable bonds is 3. The van der Waals surface area contributed by atoms with E-state index in [2.05, 4.69) is 10.1 Å². The van der Waals surface area contributed by atoms with E-state index in [4.69, 9.17) is 21.9 Å². The fourth-order valence-electron chi connectivity index (χ4n) is 1.41. The Bertz CT molecular complexity index is 613. The lowest BCUT2D eigenvalue weighted by molar-refractivity contribution is 0.378. The van der Waals surface area contributed by atoms with Crippen LogP contribution in [0.4, 0.5) is 8.78 Å². The monoisotopic (exact) mass is 287 g/mol. The summed E-state index contributed by atoms with van der Waals surface area (Å²) in [5, 5.41) is 3.39. The van der Waals surface area contributed by atoms with Crippen LogP contribution in [-0.2, 0) is 5.54 Å². The van der Waals surface area contributed by atoms with E-state index in [1.165, 1.54) is 0 Å². The number of nitrogens with two attached hydrogens (primary N) is 1. The largest absolute Gasteiger partial charge is 0.334 e. The maximum atomic E-state index is 13.7. The molecule has 0 aliphatic carbocycles. The van der Waals surface area contributed by atoms with Gasteiger partial charge >= 0.3 is 0 Å². The second-order valence-electron chi connectivity index (χ2n) is 4.44. The third-order valence-corrected chi connectivity index (χ3v) is 3.20. The summed E-state index contributed by atoms with van der Waals surface area (Å²) in [4.78, 5) is 4.00. The summed E-state index contributed by atoms with van der Waals surface area (Å²) in [7, 11) is 0. The van der Waals surface area contributed by atoms with E-state index in [9.17, 15) is 8.78 Å². The zero-order chi connectivity index (χ0) is 14.2. The van der Waals surface area contributed by atoms with Crippen molar-refractivity contribution in [3.63, 3.8) is 0 Å². The van der Waals surface area contributed by atoms with Crippen molar-refractivity contribution in [2.24, 2.45) is 5.73 Å². The van der Waals surface area contributed by atoms with Gasteiger partial charge in [0, 0.05) is 0 Å². The van der Waals surface area contributed by atoms with E-state index in [-0.39, 0.29) is 22.3 Å². The lowest BCUT2D eigenvalue weighted by Crippen LogP contribution is -2.33. The van der Waals surface area contributed by atoms with Crippen molar-refractivity contribution >= 4 is 11.6 Å². The van der Waals surface area contributed by atoms with E-state index in [1.807, 2.05) is 6.92 Å². The first-order chi connectivity index (χ1) is 8.85. The molecule has 1 heterocycles. The van der Waals surface area contributed by atoms with Crippen molar-refractivity contribution < 1.29 is 13.3 Å². The summed E-state index contributed by atoms with van der Waals surface area (Å²) in [5.41, 5.74) is 5.01. The Labute approximate surface area is 113 Å². The SMILES string of the molecule is CCC(C)(N)c1noc(-c2cc(F)c(Cl)cc2F)n1. The fourth-order valence-corrected chi connectivity index (χ4v) is 1.56. The van der Waals surface area contributed by atoms with Crippen LogP contribution < -0.4 is 5.73 Å². The molecule has 0 radical (unpaired) electrons. The van der Waals surface area contributed by atoms with Gasteiger partial charge in [-0.2, -0.15) is 4.98 Å². The minimum atomic E-state index is -0.788. The predicted octanol–water partition coefficient (Wildman–Crippen LogP) is 3.25. The number of benzene rings is 1. The smallest absolute Gasteiger partial charge is 0.261 e. The molecule has 0 aliphatic heterocycles. The maximum absolute atomic E-state index is 13.7. The van der Waals surface area contributed by atoms with Crippen molar-refractivity contribution in [2.45, 2.75) is 25.8 Å². The Balaban J connectivity index is 2.47. The molecule has 1 aromatic carbocycles. The predicted molar refractivity (Wildman–Crippen MR) is 66.5 cm³/mol. The van der Waals surface area contributed by atoms with Gasteiger partial charge in [0.15, 0.2) is 5.82 Å². The lowest BCUT2D eigenvalue weighted by atomic mass is 10.00. The van der Waals surface area contributed by atoms with Gasteiger partial charge in [-0.1, -0.05) is 23.7 Å². The Morgan fingerprint density at radius 3 is 2.68 bits per heavy atom. The van der Waals surface area contributed by atoms with Gasteiger partial charge in [-0.25, -0.2) is 8.78 Å². The molecular weight excluding hydrogens is 276 g/mol. The summed E-state index contributed by atoms with van der Waals surface area (Å²) in [6.45, 7) is 3.58. The van der Waals surface area contributed by atoms with Crippen LogP contribution in [0, 0.1) is 11.6 Å². The number of halogens is 3. The highest BCUT2D eigenvalue weighted by molar-refractivity contribution is 6.30. The van der Waals surface area contributed by atoms with Crippen molar-refractivity contribution in [3.05, 3.63) is 34.6 Å². The zero-order valence-corrected chi connectivity index (χ0v) is 11.1. The van der Waals surface area contributed by atoms with Gasteiger partial charge in [-0.15, -0.1) is 0 Å². The van der Waals surface area contributed by atoms with Crippen LogP contribution in [0.2, 0.25) is 5.02 Å². The van der Waals surface area contributed by atoms with Crippen LogP contribution in [0.5, 0.6) is 0 Å². The number of hydrogen-bond donors (Lipinski definition) is 1. The average Bonchev–Trinajstić information content (AvgIpc) is 2.84. The highest BCUT2D eigenvalue weighted by Crippen LogP contribution is 2.28. The Morgan fingerprint density at radius 1 is 1.37 bits per heavy atom. The molecule has 19 heavy (non-hydrogen) atoms. The van der Waals surface area contributed by atoms with E-state index < -0.39 is 17.2 Å². The Morgan fingerprint density at radius 2 is 2.05 bits per heavy atom. The van der Waals surface area contributed by atoms with Gasteiger partial charge < -0.3 is 10.3 Å². The summed E-state index contributed by atoms with van der Waals surface area (Å²) in [5.74, 6) is -1.39. The molecule has 1 unspecified atom stereocenters. The molecule has 1 aromatic heterocycles. The molecule has 2 N–H and O–H groups in total. The van der Waals surface area contributed by atoms with Gasteiger partial charge in [0.05, 0.1) is 16.1 Å². The van der Waals surface area contributed by atoms with E-state index in [0.29, 0.717) is 6.42 Å². The molecule has 0 bridgehead atoms. The minimum Gasteiger partial charge on any atom is -0.334 e. The Kier molecular flexibility index (Phi) is 3.56. The summed E-state index contributed by atoms with van der Waals surface area (Å²) >= 11 is 5.47. The van der Waals surface area contributed by atoms with Crippen LogP contribution in [0.15, 0.2) is 16.7 Å². The Hall–Kier alpha value is -1.53. The van der Waals surface area contributed by atoms with Crippen molar-refractivity contribution in [1.29, 1.82) is 0 Å². The molecule has 0 saturated heterocycles. The number of nitrogens with zero attached hydrogens (tertiary/aromatic N) is 2.